The van der Waals surface area contributed by atoms with Crippen molar-refractivity contribution in [1.29, 1.82) is 0 Å². The van der Waals surface area contributed by atoms with E-state index in [0.29, 0.717) is 17.3 Å². The second-order valence-corrected chi connectivity index (χ2v) is 5.27. The first-order chi connectivity index (χ1) is 9.09. The number of halogens is 1. The molecular weight excluding hydrogens is 266 g/mol. The van der Waals surface area contributed by atoms with E-state index >= 15 is 0 Å². The average molecular weight is 280 g/mol. The van der Waals surface area contributed by atoms with Gasteiger partial charge in [-0.25, -0.2) is 23.5 Å². The predicted octanol–water partition coefficient (Wildman–Crippen LogP) is 1.81. The minimum Gasteiger partial charge on any atom is -0.246 e. The van der Waals surface area contributed by atoms with E-state index in [2.05, 4.69) is 0 Å². The third-order valence-corrected chi connectivity index (χ3v) is 3.81. The van der Waals surface area contributed by atoms with Crippen LogP contribution in [0, 0.1) is 0 Å². The summed E-state index contributed by atoms with van der Waals surface area (Å²) in [4.78, 5) is 24.7. The fraction of sp³-hybridized carbons (Fsp3) is 0.385. The van der Waals surface area contributed by atoms with Gasteiger partial charge in [0.05, 0.1) is 11.7 Å². The largest absolute Gasteiger partial charge is 0.352 e. The summed E-state index contributed by atoms with van der Waals surface area (Å²) >= 11 is 5.83. The average Bonchev–Trinajstić information content (AvgIpc) is 2.65. The van der Waals surface area contributed by atoms with E-state index in [-0.39, 0.29) is 17.4 Å². The van der Waals surface area contributed by atoms with Crippen LogP contribution in [0.5, 0.6) is 0 Å². The van der Waals surface area contributed by atoms with E-state index in [0.717, 1.165) is 12.8 Å². The Morgan fingerprint density at radius 2 is 1.84 bits per heavy atom. The van der Waals surface area contributed by atoms with Gasteiger partial charge in [-0.1, -0.05) is 11.6 Å². The molecule has 2 heterocycles. The van der Waals surface area contributed by atoms with Crippen molar-refractivity contribution in [1.82, 2.24) is 13.9 Å². The molecule has 0 aliphatic carbocycles. The van der Waals surface area contributed by atoms with Gasteiger partial charge in [-0.2, -0.15) is 0 Å². The standard InChI is InChI=1S/C13H14ClN3O2/c1-9-3-2-8-15-12(18)16(13(19)17(9)15)11-6-4-10(14)5-7-11/h4-7,9H,2-3,8H2,1H3. The van der Waals surface area contributed by atoms with Gasteiger partial charge in [0.2, 0.25) is 0 Å². The minimum absolute atomic E-state index is 0.0579. The van der Waals surface area contributed by atoms with Crippen molar-refractivity contribution in [2.75, 3.05) is 0 Å². The van der Waals surface area contributed by atoms with Gasteiger partial charge in [0.25, 0.3) is 0 Å². The first-order valence-corrected chi connectivity index (χ1v) is 6.67. The molecule has 2 aromatic rings. The Morgan fingerprint density at radius 1 is 1.16 bits per heavy atom. The molecule has 0 N–H and O–H groups in total. The van der Waals surface area contributed by atoms with Crippen LogP contribution < -0.4 is 11.4 Å². The number of nitrogens with zero attached hydrogens (tertiary/aromatic N) is 3. The molecule has 100 valence electrons. The van der Waals surface area contributed by atoms with E-state index in [1.54, 1.807) is 28.9 Å². The fourth-order valence-corrected chi connectivity index (χ4v) is 2.72. The van der Waals surface area contributed by atoms with Crippen LogP contribution in [0.25, 0.3) is 5.69 Å². The Kier molecular flexibility index (Phi) is 2.86. The molecule has 0 saturated carbocycles. The molecular formula is C13H14ClN3O2. The van der Waals surface area contributed by atoms with Crippen LogP contribution in [-0.2, 0) is 6.54 Å². The maximum Gasteiger partial charge on any atom is 0.352 e. The molecule has 0 spiro atoms. The first-order valence-electron chi connectivity index (χ1n) is 6.30. The number of aromatic nitrogens is 3. The molecule has 0 radical (unpaired) electrons. The van der Waals surface area contributed by atoms with Crippen molar-refractivity contribution >= 4 is 11.6 Å². The normalized spacial score (nSPS) is 18.3. The molecule has 1 atom stereocenters. The summed E-state index contributed by atoms with van der Waals surface area (Å²) in [6, 6.07) is 6.77. The second kappa shape index (κ2) is 4.42. The highest BCUT2D eigenvalue weighted by atomic mass is 35.5. The van der Waals surface area contributed by atoms with Gasteiger partial charge in [0.1, 0.15) is 0 Å². The van der Waals surface area contributed by atoms with Crippen molar-refractivity contribution in [3.05, 3.63) is 50.3 Å². The van der Waals surface area contributed by atoms with Crippen molar-refractivity contribution in [3.63, 3.8) is 0 Å². The van der Waals surface area contributed by atoms with Crippen molar-refractivity contribution in [2.45, 2.75) is 32.4 Å². The molecule has 5 nitrogen and oxygen atoms in total. The van der Waals surface area contributed by atoms with E-state index in [1.807, 2.05) is 6.92 Å². The number of hydrogen-bond donors (Lipinski definition) is 0. The summed E-state index contributed by atoms with van der Waals surface area (Å²) in [5.41, 5.74) is -0.000560. The maximum atomic E-state index is 12.4. The van der Waals surface area contributed by atoms with E-state index in [1.165, 1.54) is 9.25 Å². The van der Waals surface area contributed by atoms with Crippen molar-refractivity contribution in [2.24, 2.45) is 0 Å². The fourth-order valence-electron chi connectivity index (χ4n) is 2.59. The number of hydrogen-bond acceptors (Lipinski definition) is 2. The predicted molar refractivity (Wildman–Crippen MR) is 73.2 cm³/mol. The molecule has 6 heteroatoms. The van der Waals surface area contributed by atoms with Gasteiger partial charge in [-0.3, -0.25) is 0 Å². The van der Waals surface area contributed by atoms with Crippen molar-refractivity contribution < 1.29 is 0 Å². The van der Waals surface area contributed by atoms with Gasteiger partial charge in [-0.15, -0.1) is 0 Å². The molecule has 0 saturated heterocycles. The van der Waals surface area contributed by atoms with Crippen LogP contribution in [0.1, 0.15) is 25.8 Å². The summed E-state index contributed by atoms with van der Waals surface area (Å²) in [6.45, 7) is 2.56. The molecule has 1 aliphatic heterocycles. The van der Waals surface area contributed by atoms with Crippen molar-refractivity contribution in [3.8, 4) is 5.69 Å². The first kappa shape index (κ1) is 12.3. The molecule has 0 amide bonds. The lowest BCUT2D eigenvalue weighted by Crippen LogP contribution is -2.33. The van der Waals surface area contributed by atoms with Crippen LogP contribution in [0.4, 0.5) is 0 Å². The summed E-state index contributed by atoms with van der Waals surface area (Å²) in [5, 5.41) is 0.578. The Labute approximate surface area is 114 Å². The zero-order valence-electron chi connectivity index (χ0n) is 10.5. The Morgan fingerprint density at radius 3 is 2.47 bits per heavy atom. The topological polar surface area (TPSA) is 48.9 Å². The SMILES string of the molecule is CC1CCCn2c(=O)n(-c3ccc(Cl)cc3)c(=O)n21. The summed E-state index contributed by atoms with van der Waals surface area (Å²) < 4.78 is 4.30. The molecule has 0 fully saturated rings. The molecule has 1 aromatic heterocycles. The van der Waals surface area contributed by atoms with Gasteiger partial charge < -0.3 is 0 Å². The smallest absolute Gasteiger partial charge is 0.246 e. The van der Waals surface area contributed by atoms with Gasteiger partial charge in [-0.05, 0) is 44.0 Å². The van der Waals surface area contributed by atoms with Gasteiger partial charge in [0, 0.05) is 11.6 Å². The van der Waals surface area contributed by atoms with Gasteiger partial charge in [0.15, 0.2) is 0 Å². The molecule has 3 rings (SSSR count). The highest BCUT2D eigenvalue weighted by Gasteiger charge is 2.23. The lowest BCUT2D eigenvalue weighted by atomic mass is 10.1. The Hall–Kier alpha value is -1.75. The summed E-state index contributed by atoms with van der Waals surface area (Å²) in [5.74, 6) is 0. The van der Waals surface area contributed by atoms with E-state index < -0.39 is 0 Å². The quantitative estimate of drug-likeness (QED) is 0.799. The van der Waals surface area contributed by atoms with E-state index in [4.69, 9.17) is 11.6 Å². The molecule has 1 unspecified atom stereocenters. The van der Waals surface area contributed by atoms with Crippen LogP contribution in [0.15, 0.2) is 33.9 Å². The van der Waals surface area contributed by atoms with Crippen LogP contribution >= 0.6 is 11.6 Å². The Bertz CT molecular complexity index is 724. The summed E-state index contributed by atoms with van der Waals surface area (Å²) in [6.07, 6.45) is 1.84. The van der Waals surface area contributed by atoms with Crippen LogP contribution in [-0.4, -0.2) is 13.9 Å². The Balaban J connectivity index is 2.26. The lowest BCUT2D eigenvalue weighted by Gasteiger charge is -2.21. The van der Waals surface area contributed by atoms with Crippen LogP contribution in [0.2, 0.25) is 5.02 Å². The molecule has 1 aliphatic rings. The highest BCUT2D eigenvalue weighted by Crippen LogP contribution is 2.17. The third-order valence-electron chi connectivity index (χ3n) is 3.55. The molecule has 19 heavy (non-hydrogen) atoms. The number of benzene rings is 1. The highest BCUT2D eigenvalue weighted by molar-refractivity contribution is 6.30. The molecule has 1 aromatic carbocycles. The third kappa shape index (κ3) is 1.85. The van der Waals surface area contributed by atoms with Crippen LogP contribution in [0.3, 0.4) is 0 Å². The van der Waals surface area contributed by atoms with E-state index in [9.17, 15) is 9.59 Å². The van der Waals surface area contributed by atoms with Gasteiger partial charge >= 0.3 is 11.4 Å². The summed E-state index contributed by atoms with van der Waals surface area (Å²) in [7, 11) is 0. The second-order valence-electron chi connectivity index (χ2n) is 4.84. The molecule has 0 bridgehead atoms. The zero-order chi connectivity index (χ0) is 13.6. The number of rotatable bonds is 1. The number of fused-ring (bicyclic) bond motifs is 1. The monoisotopic (exact) mass is 279 g/mol. The minimum atomic E-state index is -0.279. The maximum absolute atomic E-state index is 12.4. The zero-order valence-corrected chi connectivity index (χ0v) is 11.3. The lowest BCUT2D eigenvalue weighted by molar-refractivity contribution is 0.288.